The molecule has 4 nitrogen and oxygen atoms in total. The first-order valence-corrected chi connectivity index (χ1v) is 13.3. The van der Waals surface area contributed by atoms with Gasteiger partial charge < -0.3 is 14.2 Å². The summed E-state index contributed by atoms with van der Waals surface area (Å²) in [5, 5.41) is 5.54. The van der Waals surface area contributed by atoms with Gasteiger partial charge in [0.25, 0.3) is 0 Å². The van der Waals surface area contributed by atoms with Crippen molar-refractivity contribution in [3.8, 4) is 0 Å². The van der Waals surface area contributed by atoms with E-state index in [1.165, 1.54) is 40.8 Å². The molecule has 5 heteroatoms. The van der Waals surface area contributed by atoms with E-state index in [9.17, 15) is 0 Å². The molecule has 3 aromatic rings. The van der Waals surface area contributed by atoms with E-state index in [0.29, 0.717) is 35.3 Å². The van der Waals surface area contributed by atoms with Crippen LogP contribution in [0.3, 0.4) is 0 Å². The zero-order valence-corrected chi connectivity index (χ0v) is 20.6. The monoisotopic (exact) mass is 459 g/mol. The summed E-state index contributed by atoms with van der Waals surface area (Å²) < 4.78 is 16.3. The number of ether oxygens (including phenoxy) is 3. The van der Waals surface area contributed by atoms with E-state index in [1.54, 1.807) is 29.8 Å². The van der Waals surface area contributed by atoms with Gasteiger partial charge in [-0.25, -0.2) is 0 Å². The molecule has 33 heavy (non-hydrogen) atoms. The van der Waals surface area contributed by atoms with Gasteiger partial charge in [-0.15, -0.1) is 0 Å². The Morgan fingerprint density at radius 2 is 1.82 bits per heavy atom. The van der Waals surface area contributed by atoms with E-state index < -0.39 is 0 Å². The molecule has 172 valence electrons. The number of rotatable bonds is 7. The van der Waals surface area contributed by atoms with Crippen LogP contribution in [0.1, 0.15) is 43.7 Å². The predicted molar refractivity (Wildman–Crippen MR) is 138 cm³/mol. The summed E-state index contributed by atoms with van der Waals surface area (Å²) >= 11 is 0. The van der Waals surface area contributed by atoms with Crippen molar-refractivity contribution in [2.45, 2.75) is 51.0 Å². The molecule has 0 fully saturated rings. The summed E-state index contributed by atoms with van der Waals surface area (Å²) in [6, 6.07) is 19.2. The standard InChI is InChI=1S/C24H28O2Si.C4H5NO/c1-3-25-24(26-4-2)27-16-19-10-7-9-18-13-14-21-20-11-6-5-8-17(20)12-15-22(21)23(18)19;1-3-6-4-2-5-1/h5-6,8,11-15,19,24H,3-4,7,9-10,16H2,1-2H3;1-3H,4H2. The Hall–Kier alpha value is -2.47. The normalized spacial score (nSPS) is 17.0. The second-order valence-corrected chi connectivity index (χ2v) is 9.50. The van der Waals surface area contributed by atoms with Crippen molar-refractivity contribution in [3.05, 3.63) is 72.1 Å². The first-order chi connectivity index (χ1) is 16.3. The van der Waals surface area contributed by atoms with Crippen LogP contribution in [0.5, 0.6) is 0 Å². The Labute approximate surface area is 199 Å². The van der Waals surface area contributed by atoms with Crippen LogP contribution in [0, 0.1) is 0 Å². The van der Waals surface area contributed by atoms with Crippen LogP contribution in [-0.4, -0.2) is 41.5 Å². The summed E-state index contributed by atoms with van der Waals surface area (Å²) in [6.45, 7) is 6.15. The molecule has 1 unspecified atom stereocenters. The maximum Gasteiger partial charge on any atom is 0.137 e. The van der Waals surface area contributed by atoms with E-state index in [1.807, 2.05) is 13.8 Å². The van der Waals surface area contributed by atoms with Crippen molar-refractivity contribution in [1.82, 2.24) is 0 Å². The lowest BCUT2D eigenvalue weighted by molar-refractivity contribution is -0.0828. The van der Waals surface area contributed by atoms with Crippen molar-refractivity contribution in [2.24, 2.45) is 4.99 Å². The molecule has 0 saturated carbocycles. The van der Waals surface area contributed by atoms with Gasteiger partial charge in [-0.3, -0.25) is 4.99 Å². The van der Waals surface area contributed by atoms with Gasteiger partial charge in [0.2, 0.25) is 0 Å². The first kappa shape index (κ1) is 23.7. The Morgan fingerprint density at radius 1 is 1.00 bits per heavy atom. The fraction of sp³-hybridized carbons (Fsp3) is 0.393. The summed E-state index contributed by atoms with van der Waals surface area (Å²) in [6.07, 6.45) is 8.66. The summed E-state index contributed by atoms with van der Waals surface area (Å²) in [4.78, 5) is 3.75. The molecule has 1 heterocycles. The summed E-state index contributed by atoms with van der Waals surface area (Å²) in [5.41, 5.74) is 3.13. The van der Waals surface area contributed by atoms with Crippen molar-refractivity contribution in [2.75, 3.05) is 19.8 Å². The minimum atomic E-state index is -0.0406. The average molecular weight is 460 g/mol. The lowest BCUT2D eigenvalue weighted by Crippen LogP contribution is -2.26. The van der Waals surface area contributed by atoms with Crippen molar-refractivity contribution in [3.63, 3.8) is 0 Å². The lowest BCUT2D eigenvalue weighted by Gasteiger charge is -2.28. The van der Waals surface area contributed by atoms with Crippen LogP contribution in [0.15, 0.2) is 66.0 Å². The largest absolute Gasteiger partial charge is 0.494 e. The van der Waals surface area contributed by atoms with Gasteiger partial charge in [-0.1, -0.05) is 48.5 Å². The number of aliphatic imine (C=N–C) groups is 1. The molecule has 0 bridgehead atoms. The van der Waals surface area contributed by atoms with Crippen LogP contribution >= 0.6 is 0 Å². The highest BCUT2D eigenvalue weighted by Gasteiger charge is 2.24. The van der Waals surface area contributed by atoms with E-state index in [4.69, 9.17) is 14.2 Å². The Bertz CT molecular complexity index is 1090. The zero-order valence-electron chi connectivity index (χ0n) is 19.6. The van der Waals surface area contributed by atoms with Gasteiger partial charge in [0.15, 0.2) is 0 Å². The molecule has 2 aliphatic rings. The number of aryl methyl sites for hydroxylation is 1. The zero-order chi connectivity index (χ0) is 22.9. The van der Waals surface area contributed by atoms with Gasteiger partial charge in [0.1, 0.15) is 28.3 Å². The third kappa shape index (κ3) is 5.91. The lowest BCUT2D eigenvalue weighted by atomic mass is 9.80. The number of hydrogen-bond donors (Lipinski definition) is 0. The number of benzene rings is 3. The highest BCUT2D eigenvalue weighted by molar-refractivity contribution is 6.36. The topological polar surface area (TPSA) is 40.0 Å². The average Bonchev–Trinajstić information content (AvgIpc) is 2.88. The summed E-state index contributed by atoms with van der Waals surface area (Å²) in [7, 11) is 0.688. The van der Waals surface area contributed by atoms with E-state index in [2.05, 4.69) is 53.5 Å². The Balaban J connectivity index is 0.000000376. The van der Waals surface area contributed by atoms with Crippen LogP contribution in [0.25, 0.3) is 21.5 Å². The first-order valence-electron chi connectivity index (χ1n) is 12.0. The second kappa shape index (κ2) is 12.1. The van der Waals surface area contributed by atoms with Gasteiger partial charge in [-0.05, 0) is 77.7 Å². The van der Waals surface area contributed by atoms with Crippen LogP contribution in [0.4, 0.5) is 0 Å². The van der Waals surface area contributed by atoms with Gasteiger partial charge in [-0.2, -0.15) is 0 Å². The maximum atomic E-state index is 5.80. The fourth-order valence-corrected chi connectivity index (χ4v) is 6.19. The van der Waals surface area contributed by atoms with Crippen LogP contribution in [-0.2, 0) is 20.6 Å². The predicted octanol–water partition coefficient (Wildman–Crippen LogP) is 6.45. The number of hydrogen-bond acceptors (Lipinski definition) is 4. The molecule has 0 spiro atoms. The molecule has 0 amide bonds. The van der Waals surface area contributed by atoms with E-state index >= 15 is 0 Å². The van der Waals surface area contributed by atoms with Gasteiger partial charge >= 0.3 is 0 Å². The minimum absolute atomic E-state index is 0.0406. The number of fused-ring (bicyclic) bond motifs is 5. The van der Waals surface area contributed by atoms with E-state index in [0.717, 1.165) is 6.04 Å². The smallest absolute Gasteiger partial charge is 0.137 e. The van der Waals surface area contributed by atoms with Crippen molar-refractivity contribution < 1.29 is 14.2 Å². The minimum Gasteiger partial charge on any atom is -0.494 e. The second-order valence-electron chi connectivity index (χ2n) is 8.21. The molecule has 1 aliphatic carbocycles. The SMILES string of the molecule is C1=COCC=N1.CCOC(OCC)[Si]CC1CCCc2ccc3c(ccc4ccccc43)c21. The maximum absolute atomic E-state index is 5.80. The van der Waals surface area contributed by atoms with Crippen molar-refractivity contribution >= 4 is 37.3 Å². The van der Waals surface area contributed by atoms with Crippen molar-refractivity contribution in [1.29, 1.82) is 0 Å². The molecular formula is C28H33NO3Si. The summed E-state index contributed by atoms with van der Waals surface area (Å²) in [5.74, 6) is 0.571. The highest BCUT2D eigenvalue weighted by atomic mass is 28.2. The highest BCUT2D eigenvalue weighted by Crippen LogP contribution is 2.40. The molecule has 0 N–H and O–H groups in total. The fourth-order valence-electron chi connectivity index (χ4n) is 4.73. The molecule has 1 atom stereocenters. The Kier molecular flexibility index (Phi) is 8.70. The molecule has 5 rings (SSSR count). The molecule has 3 aromatic carbocycles. The van der Waals surface area contributed by atoms with E-state index in [-0.39, 0.29) is 5.91 Å². The third-order valence-electron chi connectivity index (χ3n) is 6.15. The quantitative estimate of drug-likeness (QED) is 0.232. The Morgan fingerprint density at radius 3 is 2.52 bits per heavy atom. The third-order valence-corrected chi connectivity index (χ3v) is 7.55. The molecule has 0 aromatic heterocycles. The number of nitrogens with zero attached hydrogens (tertiary/aromatic N) is 1. The molecule has 0 saturated heterocycles. The molecule has 2 radical (unpaired) electrons. The van der Waals surface area contributed by atoms with Crippen LogP contribution in [0.2, 0.25) is 6.04 Å². The van der Waals surface area contributed by atoms with Crippen LogP contribution < -0.4 is 0 Å². The molecular weight excluding hydrogens is 426 g/mol. The van der Waals surface area contributed by atoms with Gasteiger partial charge in [0.05, 0.1) is 6.20 Å². The van der Waals surface area contributed by atoms with Gasteiger partial charge in [0, 0.05) is 19.4 Å². The molecule has 1 aliphatic heterocycles.